The highest BCUT2D eigenvalue weighted by Crippen LogP contribution is 2.27. The number of nitrogens with one attached hydrogen (secondary N) is 2. The molecule has 1 saturated heterocycles. The number of ether oxygens (including phenoxy) is 1. The van der Waals surface area contributed by atoms with Crippen LogP contribution in [0.15, 0.2) is 58.6 Å². The van der Waals surface area contributed by atoms with Crippen LogP contribution in [-0.2, 0) is 14.8 Å². The first-order valence-electron chi connectivity index (χ1n) is 9.12. The summed E-state index contributed by atoms with van der Waals surface area (Å²) >= 11 is 0. The second-order valence-electron chi connectivity index (χ2n) is 6.63. The van der Waals surface area contributed by atoms with Crippen molar-refractivity contribution in [3.63, 3.8) is 0 Å². The van der Waals surface area contributed by atoms with Gasteiger partial charge in [-0.3, -0.25) is 4.72 Å². The van der Waals surface area contributed by atoms with Gasteiger partial charge >= 0.3 is 0 Å². The molecule has 0 radical (unpaired) electrons. The first-order valence-corrected chi connectivity index (χ1v) is 10.6. The van der Waals surface area contributed by atoms with Crippen molar-refractivity contribution in [3.8, 4) is 0 Å². The van der Waals surface area contributed by atoms with Crippen LogP contribution < -0.4 is 10.0 Å². The van der Waals surface area contributed by atoms with Gasteiger partial charge in [-0.1, -0.05) is 18.2 Å². The van der Waals surface area contributed by atoms with Gasteiger partial charge in [0.2, 0.25) is 0 Å². The van der Waals surface area contributed by atoms with E-state index in [1.165, 1.54) is 24.3 Å². The highest BCUT2D eigenvalue weighted by Gasteiger charge is 2.22. The van der Waals surface area contributed by atoms with Gasteiger partial charge in [0.05, 0.1) is 15.9 Å². The highest BCUT2D eigenvalue weighted by atomic mass is 32.2. The molecule has 4 rings (SSSR count). The third-order valence-corrected chi connectivity index (χ3v) is 5.93. The molecule has 150 valence electrons. The summed E-state index contributed by atoms with van der Waals surface area (Å²) < 4.78 is 33.6. The molecule has 9 nitrogen and oxygen atoms in total. The summed E-state index contributed by atoms with van der Waals surface area (Å²) in [5, 5.41) is 6.08. The molecule has 0 spiro atoms. The molecular weight excluding hydrogens is 394 g/mol. The number of sulfonamides is 1. The quantitative estimate of drug-likeness (QED) is 0.594. The maximum absolute atomic E-state index is 12.9. The predicted molar refractivity (Wildman–Crippen MR) is 110 cm³/mol. The van der Waals surface area contributed by atoms with Crippen LogP contribution in [0.4, 0.5) is 17.3 Å². The molecule has 1 aliphatic heterocycles. The average molecular weight is 413 g/mol. The Bertz CT molecular complexity index is 1150. The number of hydrogen-bond acceptors (Lipinski definition) is 8. The number of anilines is 2. The maximum Gasteiger partial charge on any atom is 0.263 e. The van der Waals surface area contributed by atoms with E-state index in [9.17, 15) is 13.3 Å². The number of hydrogen-bond donors (Lipinski definition) is 2. The van der Waals surface area contributed by atoms with Crippen molar-refractivity contribution in [2.24, 2.45) is 5.18 Å². The molecule has 0 bridgehead atoms. The fourth-order valence-electron chi connectivity index (χ4n) is 3.10. The van der Waals surface area contributed by atoms with Crippen molar-refractivity contribution in [2.45, 2.75) is 23.8 Å². The Hall–Kier alpha value is -3.11. The van der Waals surface area contributed by atoms with Crippen LogP contribution >= 0.6 is 0 Å². The van der Waals surface area contributed by atoms with Gasteiger partial charge in [-0.25, -0.2) is 18.4 Å². The van der Waals surface area contributed by atoms with Crippen LogP contribution in [0.25, 0.3) is 11.0 Å². The van der Waals surface area contributed by atoms with Gasteiger partial charge in [-0.05, 0) is 48.4 Å². The second-order valence-corrected chi connectivity index (χ2v) is 8.32. The van der Waals surface area contributed by atoms with Crippen LogP contribution in [0.2, 0.25) is 0 Å². The van der Waals surface area contributed by atoms with E-state index in [0.29, 0.717) is 30.1 Å². The molecule has 2 heterocycles. The third-order valence-electron chi connectivity index (χ3n) is 4.60. The largest absolute Gasteiger partial charge is 0.381 e. The summed E-state index contributed by atoms with van der Waals surface area (Å²) in [7, 11) is -3.99. The molecule has 3 aromatic rings. The Morgan fingerprint density at radius 3 is 2.34 bits per heavy atom. The molecule has 0 saturated carbocycles. The Kier molecular flexibility index (Phi) is 5.36. The number of para-hydroxylation sites is 2. The van der Waals surface area contributed by atoms with Gasteiger partial charge in [0.15, 0.2) is 11.6 Å². The molecule has 0 amide bonds. The summed E-state index contributed by atoms with van der Waals surface area (Å²) in [4.78, 5) is 19.7. The van der Waals surface area contributed by atoms with E-state index in [4.69, 9.17) is 4.74 Å². The summed E-state index contributed by atoms with van der Waals surface area (Å²) in [6, 6.07) is 12.8. The van der Waals surface area contributed by atoms with E-state index in [0.717, 1.165) is 12.8 Å². The Balaban J connectivity index is 1.72. The number of nitroso groups, excluding NO2 is 1. The van der Waals surface area contributed by atoms with Crippen molar-refractivity contribution in [1.82, 2.24) is 9.97 Å². The lowest BCUT2D eigenvalue weighted by molar-refractivity contribution is 0.0904. The summed E-state index contributed by atoms with van der Waals surface area (Å²) in [5.41, 5.74) is 1.24. The first-order chi connectivity index (χ1) is 14.0. The van der Waals surface area contributed by atoms with Crippen LogP contribution in [-0.4, -0.2) is 37.6 Å². The van der Waals surface area contributed by atoms with Crippen molar-refractivity contribution in [3.05, 3.63) is 53.4 Å². The maximum atomic E-state index is 12.9. The van der Waals surface area contributed by atoms with E-state index in [-0.39, 0.29) is 22.4 Å². The number of fused-ring (bicyclic) bond motifs is 1. The number of aromatic nitrogens is 2. The molecule has 2 N–H and O–H groups in total. The molecule has 0 unspecified atom stereocenters. The fraction of sp³-hybridized carbons (Fsp3) is 0.263. The number of nitrogens with zero attached hydrogens (tertiary/aromatic N) is 3. The number of benzene rings is 2. The minimum atomic E-state index is -3.99. The molecular formula is C19H19N5O4S. The van der Waals surface area contributed by atoms with Gasteiger partial charge in [0.1, 0.15) is 5.69 Å². The van der Waals surface area contributed by atoms with Gasteiger partial charge in [0.25, 0.3) is 10.0 Å². The van der Waals surface area contributed by atoms with E-state index >= 15 is 0 Å². The van der Waals surface area contributed by atoms with E-state index in [1.807, 2.05) is 12.1 Å². The van der Waals surface area contributed by atoms with Gasteiger partial charge in [-0.2, -0.15) is 0 Å². The van der Waals surface area contributed by atoms with E-state index in [2.05, 4.69) is 25.2 Å². The summed E-state index contributed by atoms with van der Waals surface area (Å²) in [6.45, 7) is 1.26. The van der Waals surface area contributed by atoms with Crippen LogP contribution in [0.3, 0.4) is 0 Å². The summed E-state index contributed by atoms with van der Waals surface area (Å²) in [5.74, 6) is 0.448. The van der Waals surface area contributed by atoms with Gasteiger partial charge in [-0.15, -0.1) is 4.91 Å². The smallest absolute Gasteiger partial charge is 0.263 e. The Morgan fingerprint density at radius 2 is 1.66 bits per heavy atom. The zero-order valence-electron chi connectivity index (χ0n) is 15.4. The summed E-state index contributed by atoms with van der Waals surface area (Å²) in [6.07, 6.45) is 1.57. The molecule has 0 aliphatic carbocycles. The van der Waals surface area contributed by atoms with Crippen molar-refractivity contribution in [2.75, 3.05) is 23.3 Å². The zero-order valence-corrected chi connectivity index (χ0v) is 16.2. The zero-order chi connectivity index (χ0) is 20.3. The molecule has 29 heavy (non-hydrogen) atoms. The SMILES string of the molecule is O=Nc1cccc(S(=O)(=O)Nc2nc3ccccc3nc2NC2CCOCC2)c1. The molecule has 1 fully saturated rings. The monoisotopic (exact) mass is 413 g/mol. The van der Waals surface area contributed by atoms with Crippen LogP contribution in [0.5, 0.6) is 0 Å². The molecule has 2 aromatic carbocycles. The van der Waals surface area contributed by atoms with E-state index < -0.39 is 10.0 Å². The second kappa shape index (κ2) is 8.10. The Morgan fingerprint density at radius 1 is 0.966 bits per heavy atom. The van der Waals surface area contributed by atoms with Crippen molar-refractivity contribution < 1.29 is 13.2 Å². The fourth-order valence-corrected chi connectivity index (χ4v) is 4.15. The minimum Gasteiger partial charge on any atom is -0.381 e. The van der Waals surface area contributed by atoms with Crippen molar-refractivity contribution >= 4 is 38.4 Å². The van der Waals surface area contributed by atoms with Crippen LogP contribution in [0, 0.1) is 4.91 Å². The normalized spacial score (nSPS) is 15.2. The minimum absolute atomic E-state index is 0.0259. The lowest BCUT2D eigenvalue weighted by Crippen LogP contribution is -2.29. The molecule has 1 aromatic heterocycles. The highest BCUT2D eigenvalue weighted by molar-refractivity contribution is 7.92. The van der Waals surface area contributed by atoms with Gasteiger partial charge < -0.3 is 10.1 Å². The van der Waals surface area contributed by atoms with Crippen LogP contribution in [0.1, 0.15) is 12.8 Å². The van der Waals surface area contributed by atoms with Gasteiger partial charge in [0, 0.05) is 19.3 Å². The standard InChI is InChI=1S/C19H19N5O4S/c25-23-14-4-3-5-15(12-14)29(26,27)24-19-18(20-13-8-10-28-11-9-13)21-16-6-1-2-7-17(16)22-19/h1-7,12-13H,8-11H2,(H,20,21)(H,22,24). The number of rotatable bonds is 6. The predicted octanol–water partition coefficient (Wildman–Crippen LogP) is 3.42. The molecule has 0 atom stereocenters. The average Bonchev–Trinajstić information content (AvgIpc) is 2.75. The van der Waals surface area contributed by atoms with E-state index in [1.54, 1.807) is 12.1 Å². The molecule has 1 aliphatic rings. The molecule has 10 heteroatoms. The Labute approximate surface area is 167 Å². The topological polar surface area (TPSA) is 123 Å². The first kappa shape index (κ1) is 19.2. The lowest BCUT2D eigenvalue weighted by Gasteiger charge is -2.24. The third kappa shape index (κ3) is 4.33. The van der Waals surface area contributed by atoms with Crippen molar-refractivity contribution in [1.29, 1.82) is 0 Å². The lowest BCUT2D eigenvalue weighted by atomic mass is 10.1.